The maximum Gasteiger partial charge on any atom is 0.238 e. The van der Waals surface area contributed by atoms with Gasteiger partial charge >= 0.3 is 0 Å². The number of ether oxygens (including phenoxy) is 1. The molecule has 2 heterocycles. The molecule has 2 aromatic rings. The van der Waals surface area contributed by atoms with E-state index in [0.717, 1.165) is 11.3 Å². The van der Waals surface area contributed by atoms with Gasteiger partial charge in [-0.2, -0.15) is 0 Å². The molecule has 0 saturated carbocycles. The first-order valence-corrected chi connectivity index (χ1v) is 9.11. The van der Waals surface area contributed by atoms with Crippen LogP contribution in [0.1, 0.15) is 37.8 Å². The Hall–Kier alpha value is -2.02. The van der Waals surface area contributed by atoms with Crippen LogP contribution in [0.25, 0.3) is 0 Å². The van der Waals surface area contributed by atoms with Gasteiger partial charge in [0.15, 0.2) is 0 Å². The standard InChI is InChI=1S/C16H20N2O4S/c1-16(2,3)15-9-11(17-22-15)10-23(19,20)18-13-5-4-6-14-12(13)7-8-21-14/h4-6,9,18H,7-8,10H2,1-3H3. The number of nitrogens with zero attached hydrogens (tertiary/aromatic N) is 1. The van der Waals surface area contributed by atoms with E-state index in [1.54, 1.807) is 18.2 Å². The van der Waals surface area contributed by atoms with Crippen LogP contribution < -0.4 is 9.46 Å². The molecule has 0 atom stereocenters. The Labute approximate surface area is 135 Å². The van der Waals surface area contributed by atoms with Gasteiger partial charge in [-0.15, -0.1) is 0 Å². The van der Waals surface area contributed by atoms with E-state index in [1.165, 1.54) is 0 Å². The highest BCUT2D eigenvalue weighted by atomic mass is 32.2. The molecule has 1 aliphatic heterocycles. The first-order chi connectivity index (χ1) is 10.7. The second kappa shape index (κ2) is 5.56. The SMILES string of the molecule is CC(C)(C)c1cc(CS(=O)(=O)Nc2cccc3c2CCO3)no1. The topological polar surface area (TPSA) is 81.4 Å². The molecule has 0 fully saturated rings. The van der Waals surface area contributed by atoms with Crippen LogP contribution in [0.15, 0.2) is 28.8 Å². The van der Waals surface area contributed by atoms with Crippen molar-refractivity contribution < 1.29 is 17.7 Å². The molecule has 124 valence electrons. The van der Waals surface area contributed by atoms with Crippen LogP contribution in [0.4, 0.5) is 5.69 Å². The van der Waals surface area contributed by atoms with E-state index in [2.05, 4.69) is 9.88 Å². The highest BCUT2D eigenvalue weighted by Crippen LogP contribution is 2.32. The Balaban J connectivity index is 1.78. The third-order valence-corrected chi connectivity index (χ3v) is 4.85. The fraction of sp³-hybridized carbons (Fsp3) is 0.438. The largest absolute Gasteiger partial charge is 0.493 e. The summed E-state index contributed by atoms with van der Waals surface area (Å²) in [6, 6.07) is 7.05. The highest BCUT2D eigenvalue weighted by molar-refractivity contribution is 7.91. The minimum absolute atomic E-state index is 0.208. The lowest BCUT2D eigenvalue weighted by Gasteiger charge is -2.12. The Morgan fingerprint density at radius 3 is 2.78 bits per heavy atom. The molecular weight excluding hydrogens is 316 g/mol. The second-order valence-corrected chi connectivity index (χ2v) is 8.40. The number of fused-ring (bicyclic) bond motifs is 1. The molecule has 7 heteroatoms. The number of hydrogen-bond donors (Lipinski definition) is 1. The summed E-state index contributed by atoms with van der Waals surface area (Å²) < 4.78 is 38.1. The quantitative estimate of drug-likeness (QED) is 0.928. The first-order valence-electron chi connectivity index (χ1n) is 7.46. The fourth-order valence-corrected chi connectivity index (χ4v) is 3.57. The van der Waals surface area contributed by atoms with Crippen LogP contribution in [0.2, 0.25) is 0 Å². The minimum Gasteiger partial charge on any atom is -0.493 e. The van der Waals surface area contributed by atoms with E-state index in [4.69, 9.17) is 9.26 Å². The van der Waals surface area contributed by atoms with Crippen molar-refractivity contribution in [2.24, 2.45) is 0 Å². The monoisotopic (exact) mass is 336 g/mol. The van der Waals surface area contributed by atoms with E-state index >= 15 is 0 Å². The van der Waals surface area contributed by atoms with Crippen molar-refractivity contribution in [3.05, 3.63) is 41.3 Å². The van der Waals surface area contributed by atoms with Gasteiger partial charge in [-0.1, -0.05) is 32.0 Å². The number of rotatable bonds is 4. The molecule has 1 N–H and O–H groups in total. The average molecular weight is 336 g/mol. The maximum absolute atomic E-state index is 12.4. The Kier molecular flexibility index (Phi) is 3.83. The Morgan fingerprint density at radius 1 is 1.30 bits per heavy atom. The number of benzene rings is 1. The van der Waals surface area contributed by atoms with Gasteiger partial charge in [0.25, 0.3) is 0 Å². The van der Waals surface area contributed by atoms with Gasteiger partial charge in [0.05, 0.1) is 12.3 Å². The zero-order chi connectivity index (χ0) is 16.7. The van der Waals surface area contributed by atoms with Crippen LogP contribution in [-0.2, 0) is 27.6 Å². The van der Waals surface area contributed by atoms with E-state index in [-0.39, 0.29) is 11.2 Å². The Morgan fingerprint density at radius 2 is 2.09 bits per heavy atom. The second-order valence-electron chi connectivity index (χ2n) is 6.67. The third kappa shape index (κ3) is 3.50. The lowest BCUT2D eigenvalue weighted by Crippen LogP contribution is -2.16. The maximum atomic E-state index is 12.4. The third-order valence-electron chi connectivity index (χ3n) is 3.64. The van der Waals surface area contributed by atoms with Gasteiger partial charge < -0.3 is 9.26 Å². The van der Waals surface area contributed by atoms with Crippen molar-refractivity contribution in [3.63, 3.8) is 0 Å². The lowest BCUT2D eigenvalue weighted by molar-refractivity contribution is 0.327. The summed E-state index contributed by atoms with van der Waals surface area (Å²) in [5.74, 6) is 1.18. The van der Waals surface area contributed by atoms with Crippen LogP contribution in [0.5, 0.6) is 5.75 Å². The van der Waals surface area contributed by atoms with Gasteiger partial charge in [-0.3, -0.25) is 4.72 Å². The molecule has 1 aromatic heterocycles. The van der Waals surface area contributed by atoms with Crippen molar-refractivity contribution in [2.45, 2.75) is 38.4 Å². The van der Waals surface area contributed by atoms with Gasteiger partial charge in [-0.25, -0.2) is 8.42 Å². The summed E-state index contributed by atoms with van der Waals surface area (Å²) in [7, 11) is -3.57. The van der Waals surface area contributed by atoms with Crippen LogP contribution in [0.3, 0.4) is 0 Å². The summed E-state index contributed by atoms with van der Waals surface area (Å²) in [5, 5.41) is 3.86. The normalized spacial score (nSPS) is 14.4. The molecule has 3 rings (SSSR count). The molecule has 0 radical (unpaired) electrons. The van der Waals surface area contributed by atoms with Crippen molar-refractivity contribution >= 4 is 15.7 Å². The van der Waals surface area contributed by atoms with Gasteiger partial charge in [-0.05, 0) is 12.1 Å². The summed E-state index contributed by atoms with van der Waals surface area (Å²) in [6.45, 7) is 6.53. The van der Waals surface area contributed by atoms with E-state index in [1.807, 2.05) is 26.8 Å². The summed E-state index contributed by atoms with van der Waals surface area (Å²) in [4.78, 5) is 0. The molecule has 1 aliphatic rings. The molecule has 0 unspecified atom stereocenters. The van der Waals surface area contributed by atoms with Crippen LogP contribution in [0, 0.1) is 0 Å². The highest BCUT2D eigenvalue weighted by Gasteiger charge is 2.23. The lowest BCUT2D eigenvalue weighted by atomic mass is 9.93. The molecule has 0 amide bonds. The Bertz CT molecular complexity index is 819. The number of sulfonamides is 1. The predicted molar refractivity (Wildman–Crippen MR) is 87.1 cm³/mol. The van der Waals surface area contributed by atoms with E-state index in [0.29, 0.717) is 30.2 Å². The molecule has 0 saturated heterocycles. The molecule has 0 bridgehead atoms. The summed E-state index contributed by atoms with van der Waals surface area (Å²) >= 11 is 0. The summed E-state index contributed by atoms with van der Waals surface area (Å²) in [5.41, 5.74) is 1.65. The average Bonchev–Trinajstić information content (AvgIpc) is 3.05. The number of hydrogen-bond acceptors (Lipinski definition) is 5. The molecule has 0 spiro atoms. The van der Waals surface area contributed by atoms with Crippen molar-refractivity contribution in [1.82, 2.24) is 5.16 Å². The number of aromatic nitrogens is 1. The van der Waals surface area contributed by atoms with Gasteiger partial charge in [0.2, 0.25) is 10.0 Å². The minimum atomic E-state index is -3.57. The van der Waals surface area contributed by atoms with Crippen molar-refractivity contribution in [1.29, 1.82) is 0 Å². The summed E-state index contributed by atoms with van der Waals surface area (Å²) in [6.07, 6.45) is 0.701. The number of nitrogens with one attached hydrogen (secondary N) is 1. The molecule has 23 heavy (non-hydrogen) atoms. The van der Waals surface area contributed by atoms with Gasteiger partial charge in [0.1, 0.15) is 23.0 Å². The van der Waals surface area contributed by atoms with Crippen LogP contribution in [-0.4, -0.2) is 20.2 Å². The molecule has 0 aliphatic carbocycles. The smallest absolute Gasteiger partial charge is 0.238 e. The zero-order valence-corrected chi connectivity index (χ0v) is 14.2. The molecular formula is C16H20N2O4S. The van der Waals surface area contributed by atoms with E-state index < -0.39 is 10.0 Å². The molecule has 1 aromatic carbocycles. The zero-order valence-electron chi connectivity index (χ0n) is 13.4. The van der Waals surface area contributed by atoms with Gasteiger partial charge in [0, 0.05) is 23.5 Å². The van der Waals surface area contributed by atoms with Crippen molar-refractivity contribution in [3.8, 4) is 5.75 Å². The first kappa shape index (κ1) is 15.9. The van der Waals surface area contributed by atoms with E-state index in [9.17, 15) is 8.42 Å². The fourth-order valence-electron chi connectivity index (χ4n) is 2.45. The predicted octanol–water partition coefficient (Wildman–Crippen LogP) is 2.85. The van der Waals surface area contributed by atoms with Crippen LogP contribution >= 0.6 is 0 Å². The number of anilines is 1. The molecule has 6 nitrogen and oxygen atoms in total. The van der Waals surface area contributed by atoms with Crippen molar-refractivity contribution in [2.75, 3.05) is 11.3 Å².